The molecule has 0 saturated carbocycles. The van der Waals surface area contributed by atoms with E-state index in [1.165, 1.54) is 11.3 Å². The molecule has 0 aliphatic rings. The Balaban J connectivity index is 2.14. The Morgan fingerprint density at radius 1 is 1.36 bits per heavy atom. The van der Waals surface area contributed by atoms with Crippen LogP contribution in [0.25, 0.3) is 10.6 Å². The standard InChI is InChI=1S/C16H18N2O3S/c1-4-7-17-15(19)9-12-10-22-16(18-12)11-5-6-13(20-2)14(8-11)21-3/h4-6,8,10H,1,7,9H2,2-3H3,(H,17,19). The average molecular weight is 318 g/mol. The van der Waals surface area contributed by atoms with Gasteiger partial charge in [0.1, 0.15) is 5.01 Å². The number of methoxy groups -OCH3 is 2. The number of amides is 1. The van der Waals surface area contributed by atoms with Gasteiger partial charge < -0.3 is 14.8 Å². The van der Waals surface area contributed by atoms with Crippen molar-refractivity contribution in [2.75, 3.05) is 20.8 Å². The zero-order valence-corrected chi connectivity index (χ0v) is 13.4. The van der Waals surface area contributed by atoms with Crippen LogP contribution in [0.5, 0.6) is 11.5 Å². The smallest absolute Gasteiger partial charge is 0.226 e. The Labute approximate surface area is 133 Å². The summed E-state index contributed by atoms with van der Waals surface area (Å²) in [6.45, 7) is 4.03. The first-order valence-electron chi connectivity index (χ1n) is 6.72. The first kappa shape index (κ1) is 16.0. The van der Waals surface area contributed by atoms with E-state index in [4.69, 9.17) is 9.47 Å². The molecule has 1 aromatic carbocycles. The van der Waals surface area contributed by atoms with Gasteiger partial charge in [0.2, 0.25) is 5.91 Å². The van der Waals surface area contributed by atoms with Crippen molar-refractivity contribution in [2.24, 2.45) is 0 Å². The van der Waals surface area contributed by atoms with Gasteiger partial charge in [0.15, 0.2) is 11.5 Å². The first-order chi connectivity index (χ1) is 10.7. The molecule has 0 radical (unpaired) electrons. The molecule has 22 heavy (non-hydrogen) atoms. The number of thiazole rings is 1. The molecule has 116 valence electrons. The van der Waals surface area contributed by atoms with E-state index in [0.717, 1.165) is 16.3 Å². The van der Waals surface area contributed by atoms with Gasteiger partial charge in [0.25, 0.3) is 0 Å². The molecule has 2 aromatic rings. The number of benzene rings is 1. The maximum Gasteiger partial charge on any atom is 0.226 e. The molecule has 0 spiro atoms. The summed E-state index contributed by atoms with van der Waals surface area (Å²) < 4.78 is 10.5. The summed E-state index contributed by atoms with van der Waals surface area (Å²) in [4.78, 5) is 16.2. The summed E-state index contributed by atoms with van der Waals surface area (Å²) in [6.07, 6.45) is 1.91. The zero-order valence-electron chi connectivity index (χ0n) is 12.6. The topological polar surface area (TPSA) is 60.5 Å². The molecule has 0 saturated heterocycles. The van der Waals surface area contributed by atoms with E-state index in [1.54, 1.807) is 20.3 Å². The van der Waals surface area contributed by atoms with E-state index in [9.17, 15) is 4.79 Å². The molecule has 0 bridgehead atoms. The van der Waals surface area contributed by atoms with E-state index in [2.05, 4.69) is 16.9 Å². The second-order valence-electron chi connectivity index (χ2n) is 4.48. The van der Waals surface area contributed by atoms with E-state index in [0.29, 0.717) is 18.0 Å². The number of carbonyl (C=O) groups is 1. The SMILES string of the molecule is C=CCNC(=O)Cc1csc(-c2ccc(OC)c(OC)c2)n1. The lowest BCUT2D eigenvalue weighted by Gasteiger charge is -2.08. The summed E-state index contributed by atoms with van der Waals surface area (Å²) >= 11 is 1.49. The summed E-state index contributed by atoms with van der Waals surface area (Å²) in [5.74, 6) is 1.26. The molecule has 0 fully saturated rings. The lowest BCUT2D eigenvalue weighted by Crippen LogP contribution is -2.25. The number of hydrogen-bond acceptors (Lipinski definition) is 5. The Hall–Kier alpha value is -2.34. The lowest BCUT2D eigenvalue weighted by molar-refractivity contribution is -0.120. The number of rotatable bonds is 7. The maximum atomic E-state index is 11.7. The van der Waals surface area contributed by atoms with Gasteiger partial charge in [-0.1, -0.05) is 6.08 Å². The van der Waals surface area contributed by atoms with Crippen molar-refractivity contribution in [3.8, 4) is 22.1 Å². The van der Waals surface area contributed by atoms with Crippen molar-refractivity contribution in [3.63, 3.8) is 0 Å². The van der Waals surface area contributed by atoms with Crippen molar-refractivity contribution in [1.82, 2.24) is 10.3 Å². The van der Waals surface area contributed by atoms with Gasteiger partial charge >= 0.3 is 0 Å². The quantitative estimate of drug-likeness (QED) is 0.797. The Morgan fingerprint density at radius 3 is 2.82 bits per heavy atom. The van der Waals surface area contributed by atoms with E-state index >= 15 is 0 Å². The fourth-order valence-electron chi connectivity index (χ4n) is 1.90. The van der Waals surface area contributed by atoms with Crippen LogP contribution in [0.4, 0.5) is 0 Å². The van der Waals surface area contributed by atoms with Gasteiger partial charge in [0.05, 0.1) is 26.3 Å². The molecule has 1 amide bonds. The highest BCUT2D eigenvalue weighted by atomic mass is 32.1. The van der Waals surface area contributed by atoms with Gasteiger partial charge in [-0.25, -0.2) is 4.98 Å². The Kier molecular flexibility index (Phi) is 5.55. The molecule has 2 rings (SSSR count). The largest absolute Gasteiger partial charge is 0.493 e. The average Bonchev–Trinajstić information content (AvgIpc) is 3.00. The van der Waals surface area contributed by atoms with E-state index in [1.807, 2.05) is 23.6 Å². The Bertz CT molecular complexity index is 667. The van der Waals surface area contributed by atoms with Gasteiger partial charge in [-0.15, -0.1) is 17.9 Å². The number of carbonyl (C=O) groups excluding carboxylic acids is 1. The highest BCUT2D eigenvalue weighted by molar-refractivity contribution is 7.13. The van der Waals surface area contributed by atoms with Gasteiger partial charge in [-0.3, -0.25) is 4.79 Å². The van der Waals surface area contributed by atoms with Crippen LogP contribution in [0.3, 0.4) is 0 Å². The summed E-state index contributed by atoms with van der Waals surface area (Å²) in [7, 11) is 3.19. The van der Waals surface area contributed by atoms with Crippen molar-refractivity contribution in [2.45, 2.75) is 6.42 Å². The first-order valence-corrected chi connectivity index (χ1v) is 7.60. The summed E-state index contributed by atoms with van der Waals surface area (Å²) in [6, 6.07) is 5.63. The third-order valence-corrected chi connectivity index (χ3v) is 3.91. The fraction of sp³-hybridized carbons (Fsp3) is 0.250. The van der Waals surface area contributed by atoms with Crippen LogP contribution < -0.4 is 14.8 Å². The minimum absolute atomic E-state index is 0.0657. The molecule has 0 atom stereocenters. The number of nitrogens with zero attached hydrogens (tertiary/aromatic N) is 1. The Morgan fingerprint density at radius 2 is 2.14 bits per heavy atom. The van der Waals surface area contributed by atoms with Crippen molar-refractivity contribution in [3.05, 3.63) is 41.9 Å². The van der Waals surface area contributed by atoms with Crippen LogP contribution in [0.1, 0.15) is 5.69 Å². The third-order valence-electron chi connectivity index (χ3n) is 2.97. The number of hydrogen-bond donors (Lipinski definition) is 1. The summed E-state index contributed by atoms with van der Waals surface area (Å²) in [5, 5.41) is 5.46. The van der Waals surface area contributed by atoms with Crippen LogP contribution in [0.2, 0.25) is 0 Å². The number of nitrogens with one attached hydrogen (secondary N) is 1. The monoisotopic (exact) mass is 318 g/mol. The van der Waals surface area contributed by atoms with Gasteiger partial charge in [0, 0.05) is 17.5 Å². The zero-order chi connectivity index (χ0) is 15.9. The maximum absolute atomic E-state index is 11.7. The van der Waals surface area contributed by atoms with E-state index < -0.39 is 0 Å². The van der Waals surface area contributed by atoms with Crippen LogP contribution >= 0.6 is 11.3 Å². The van der Waals surface area contributed by atoms with Crippen LogP contribution in [0.15, 0.2) is 36.2 Å². The van der Waals surface area contributed by atoms with Gasteiger partial charge in [-0.05, 0) is 18.2 Å². The molecule has 1 heterocycles. The minimum Gasteiger partial charge on any atom is -0.493 e. The van der Waals surface area contributed by atoms with Crippen LogP contribution in [-0.2, 0) is 11.2 Å². The van der Waals surface area contributed by atoms with E-state index in [-0.39, 0.29) is 12.3 Å². The third kappa shape index (κ3) is 3.85. The van der Waals surface area contributed by atoms with Crippen LogP contribution in [-0.4, -0.2) is 31.7 Å². The minimum atomic E-state index is -0.0657. The molecule has 5 nitrogen and oxygen atoms in total. The molecule has 1 aromatic heterocycles. The van der Waals surface area contributed by atoms with Gasteiger partial charge in [-0.2, -0.15) is 0 Å². The van der Waals surface area contributed by atoms with Crippen molar-refractivity contribution < 1.29 is 14.3 Å². The predicted octanol–water partition coefficient (Wildman–Crippen LogP) is 2.67. The molecular formula is C16H18N2O3S. The second kappa shape index (κ2) is 7.61. The molecule has 0 aliphatic carbocycles. The lowest BCUT2D eigenvalue weighted by atomic mass is 10.2. The fourth-order valence-corrected chi connectivity index (χ4v) is 2.72. The molecular weight excluding hydrogens is 300 g/mol. The molecule has 1 N–H and O–H groups in total. The number of aromatic nitrogens is 1. The molecule has 6 heteroatoms. The summed E-state index contributed by atoms with van der Waals surface area (Å²) in [5.41, 5.74) is 1.68. The normalized spacial score (nSPS) is 10.1. The second-order valence-corrected chi connectivity index (χ2v) is 5.34. The highest BCUT2D eigenvalue weighted by Crippen LogP contribution is 2.33. The predicted molar refractivity (Wildman–Crippen MR) is 87.6 cm³/mol. The number of ether oxygens (including phenoxy) is 2. The molecule has 0 aliphatic heterocycles. The van der Waals surface area contributed by atoms with Crippen LogP contribution in [0, 0.1) is 0 Å². The highest BCUT2D eigenvalue weighted by Gasteiger charge is 2.11. The van der Waals surface area contributed by atoms with Crippen molar-refractivity contribution >= 4 is 17.2 Å². The van der Waals surface area contributed by atoms with Crippen molar-refractivity contribution in [1.29, 1.82) is 0 Å². The molecule has 0 unspecified atom stereocenters.